The number of aryl methyl sites for hydroxylation is 1. The topological polar surface area (TPSA) is 64.7 Å². The molecule has 23 heavy (non-hydrogen) atoms. The second-order valence-electron chi connectivity index (χ2n) is 6.07. The van der Waals surface area contributed by atoms with Crippen LogP contribution in [0.1, 0.15) is 23.6 Å². The number of amides is 3. The lowest BCUT2D eigenvalue weighted by Crippen LogP contribution is -2.41. The summed E-state index contributed by atoms with van der Waals surface area (Å²) in [6, 6.07) is 8.14. The molecule has 0 bridgehead atoms. The van der Waals surface area contributed by atoms with Crippen LogP contribution in [-0.2, 0) is 4.79 Å². The maximum absolute atomic E-state index is 11.8. The molecule has 0 fully saturated rings. The lowest BCUT2D eigenvalue weighted by Gasteiger charge is -2.25. The van der Waals surface area contributed by atoms with E-state index < -0.39 is 0 Å². The Kier molecular flexibility index (Phi) is 7.54. The maximum Gasteiger partial charge on any atom is 0.314 e. The van der Waals surface area contributed by atoms with Crippen LogP contribution in [0, 0.1) is 6.92 Å². The summed E-state index contributed by atoms with van der Waals surface area (Å²) in [5.41, 5.74) is 2.37. The fraction of sp³-hybridized carbons (Fsp3) is 0.529. The van der Waals surface area contributed by atoms with Gasteiger partial charge >= 0.3 is 6.03 Å². The van der Waals surface area contributed by atoms with E-state index >= 15 is 0 Å². The molecule has 0 aromatic heterocycles. The molecule has 0 aliphatic rings. The molecule has 1 aromatic carbocycles. The average Bonchev–Trinajstić information content (AvgIpc) is 2.48. The number of carbonyl (C=O) groups excluding carboxylic acids is 2. The van der Waals surface area contributed by atoms with Crippen LogP contribution in [0.3, 0.4) is 0 Å². The van der Waals surface area contributed by atoms with Gasteiger partial charge in [0.2, 0.25) is 5.91 Å². The highest BCUT2D eigenvalue weighted by Crippen LogP contribution is 2.17. The lowest BCUT2D eigenvalue weighted by molar-refractivity contribution is -0.128. The predicted octanol–water partition coefficient (Wildman–Crippen LogP) is 1.38. The van der Waals surface area contributed by atoms with Crippen LogP contribution < -0.4 is 10.6 Å². The van der Waals surface area contributed by atoms with Gasteiger partial charge in [0.25, 0.3) is 0 Å². The minimum absolute atomic E-state index is 0.00359. The Morgan fingerprint density at radius 1 is 1.04 bits per heavy atom. The first-order valence-corrected chi connectivity index (χ1v) is 7.76. The first kappa shape index (κ1) is 19.0. The number of benzene rings is 1. The van der Waals surface area contributed by atoms with Crippen molar-refractivity contribution in [3.8, 4) is 0 Å². The number of likely N-dealkylation sites (N-methyl/N-ethyl adjacent to an activating group) is 1. The van der Waals surface area contributed by atoms with Crippen molar-refractivity contribution >= 4 is 11.9 Å². The standard InChI is InChI=1S/C17H28N4O2/c1-13-6-8-14(9-7-13)15(20(2)3)12-19-17(23)18-11-10-16(22)21(4)5/h6-9,15H,10-12H2,1-5H3,(H2,18,19,23). The van der Waals surface area contributed by atoms with Crippen LogP contribution in [-0.4, -0.2) is 63.0 Å². The van der Waals surface area contributed by atoms with Gasteiger partial charge in [-0.3, -0.25) is 4.79 Å². The highest BCUT2D eigenvalue weighted by atomic mass is 16.2. The van der Waals surface area contributed by atoms with E-state index in [-0.39, 0.29) is 18.0 Å². The molecule has 0 radical (unpaired) electrons. The van der Waals surface area contributed by atoms with E-state index in [0.29, 0.717) is 19.5 Å². The van der Waals surface area contributed by atoms with Crippen molar-refractivity contribution in [1.29, 1.82) is 0 Å². The molecule has 0 spiro atoms. The van der Waals surface area contributed by atoms with E-state index in [2.05, 4.69) is 46.7 Å². The highest BCUT2D eigenvalue weighted by molar-refractivity contribution is 5.77. The van der Waals surface area contributed by atoms with Crippen molar-refractivity contribution in [2.24, 2.45) is 0 Å². The molecule has 0 aliphatic heterocycles. The summed E-state index contributed by atoms with van der Waals surface area (Å²) in [6.45, 7) is 2.89. The number of nitrogens with zero attached hydrogens (tertiary/aromatic N) is 2. The number of hydrogen-bond donors (Lipinski definition) is 2. The minimum Gasteiger partial charge on any atom is -0.349 e. The summed E-state index contributed by atoms with van der Waals surface area (Å²) >= 11 is 0. The molecule has 1 atom stereocenters. The lowest BCUT2D eigenvalue weighted by atomic mass is 10.0. The Bertz CT molecular complexity index is 512. The van der Waals surface area contributed by atoms with E-state index in [1.807, 2.05) is 14.1 Å². The smallest absolute Gasteiger partial charge is 0.314 e. The third-order valence-electron chi connectivity index (χ3n) is 3.66. The summed E-state index contributed by atoms with van der Waals surface area (Å²) < 4.78 is 0. The predicted molar refractivity (Wildman–Crippen MR) is 92.3 cm³/mol. The fourth-order valence-corrected chi connectivity index (χ4v) is 2.15. The van der Waals surface area contributed by atoms with Gasteiger partial charge in [-0.25, -0.2) is 4.79 Å². The van der Waals surface area contributed by atoms with Crippen LogP contribution in [0.4, 0.5) is 4.79 Å². The summed E-state index contributed by atoms with van der Waals surface area (Å²) in [6.07, 6.45) is 0.301. The average molecular weight is 320 g/mol. The maximum atomic E-state index is 11.8. The van der Waals surface area contributed by atoms with Crippen LogP contribution in [0.25, 0.3) is 0 Å². The molecule has 3 amide bonds. The number of rotatable bonds is 7. The summed E-state index contributed by atoms with van der Waals surface area (Å²) in [5.74, 6) is -0.00359. The summed E-state index contributed by atoms with van der Waals surface area (Å²) in [4.78, 5) is 26.9. The Morgan fingerprint density at radius 2 is 1.65 bits per heavy atom. The van der Waals surface area contributed by atoms with E-state index in [1.165, 1.54) is 10.5 Å². The van der Waals surface area contributed by atoms with E-state index in [4.69, 9.17) is 0 Å². The molecule has 0 aliphatic carbocycles. The monoisotopic (exact) mass is 320 g/mol. The molecule has 0 saturated carbocycles. The van der Waals surface area contributed by atoms with Gasteiger partial charge in [0.05, 0.1) is 6.04 Å². The molecule has 128 valence electrons. The van der Waals surface area contributed by atoms with Gasteiger partial charge in [0.15, 0.2) is 0 Å². The van der Waals surface area contributed by atoms with Gasteiger partial charge in [-0.1, -0.05) is 29.8 Å². The molecule has 1 unspecified atom stereocenters. The minimum atomic E-state index is -0.254. The van der Waals surface area contributed by atoms with Gasteiger partial charge in [-0.2, -0.15) is 0 Å². The van der Waals surface area contributed by atoms with E-state index in [1.54, 1.807) is 14.1 Å². The number of carbonyl (C=O) groups is 2. The number of nitrogens with one attached hydrogen (secondary N) is 2. The van der Waals surface area contributed by atoms with Gasteiger partial charge in [0, 0.05) is 33.6 Å². The van der Waals surface area contributed by atoms with Crippen LogP contribution >= 0.6 is 0 Å². The van der Waals surface area contributed by atoms with Crippen molar-refractivity contribution in [2.45, 2.75) is 19.4 Å². The quantitative estimate of drug-likeness (QED) is 0.798. The number of hydrogen-bond acceptors (Lipinski definition) is 3. The number of urea groups is 1. The Hall–Kier alpha value is -2.08. The van der Waals surface area contributed by atoms with Gasteiger partial charge in [0.1, 0.15) is 0 Å². The molecule has 0 saturated heterocycles. The molecule has 6 heteroatoms. The normalized spacial score (nSPS) is 11.9. The largest absolute Gasteiger partial charge is 0.349 e. The van der Waals surface area contributed by atoms with Crippen molar-refractivity contribution in [3.05, 3.63) is 35.4 Å². The molecular weight excluding hydrogens is 292 g/mol. The van der Waals surface area contributed by atoms with Crippen LogP contribution in [0.2, 0.25) is 0 Å². The van der Waals surface area contributed by atoms with Crippen molar-refractivity contribution in [2.75, 3.05) is 41.3 Å². The first-order chi connectivity index (χ1) is 10.8. The molecular formula is C17H28N4O2. The fourth-order valence-electron chi connectivity index (χ4n) is 2.15. The molecule has 1 aromatic rings. The molecule has 2 N–H and O–H groups in total. The van der Waals surface area contributed by atoms with Gasteiger partial charge in [-0.05, 0) is 26.6 Å². The Labute approximate surface area is 138 Å². The molecule has 0 heterocycles. The summed E-state index contributed by atoms with van der Waals surface area (Å²) in [5, 5.41) is 5.57. The van der Waals surface area contributed by atoms with Crippen molar-refractivity contribution < 1.29 is 9.59 Å². The third kappa shape index (κ3) is 6.69. The Morgan fingerprint density at radius 3 is 2.17 bits per heavy atom. The zero-order valence-corrected chi connectivity index (χ0v) is 14.7. The van der Waals surface area contributed by atoms with Crippen LogP contribution in [0.5, 0.6) is 0 Å². The van der Waals surface area contributed by atoms with Crippen molar-refractivity contribution in [3.63, 3.8) is 0 Å². The van der Waals surface area contributed by atoms with E-state index in [0.717, 1.165) is 5.56 Å². The third-order valence-corrected chi connectivity index (χ3v) is 3.66. The van der Waals surface area contributed by atoms with Gasteiger partial charge in [-0.15, -0.1) is 0 Å². The first-order valence-electron chi connectivity index (χ1n) is 7.76. The highest BCUT2D eigenvalue weighted by Gasteiger charge is 2.15. The van der Waals surface area contributed by atoms with Gasteiger partial charge < -0.3 is 20.4 Å². The van der Waals surface area contributed by atoms with E-state index in [9.17, 15) is 9.59 Å². The SMILES string of the molecule is Cc1ccc(C(CNC(=O)NCCC(=O)N(C)C)N(C)C)cc1. The summed E-state index contributed by atoms with van der Waals surface area (Å²) in [7, 11) is 7.37. The zero-order chi connectivity index (χ0) is 17.4. The molecule has 6 nitrogen and oxygen atoms in total. The zero-order valence-electron chi connectivity index (χ0n) is 14.7. The Balaban J connectivity index is 2.45. The second-order valence-corrected chi connectivity index (χ2v) is 6.07. The van der Waals surface area contributed by atoms with Crippen LogP contribution in [0.15, 0.2) is 24.3 Å². The molecule has 1 rings (SSSR count). The van der Waals surface area contributed by atoms with Crippen molar-refractivity contribution in [1.82, 2.24) is 20.4 Å². The second kappa shape index (κ2) is 9.15.